The zero-order valence-electron chi connectivity index (χ0n) is 22.7. The quantitative estimate of drug-likeness (QED) is 0.334. The van der Waals surface area contributed by atoms with Crippen molar-refractivity contribution in [3.05, 3.63) is 47.0 Å². The molecule has 1 fully saturated rings. The Morgan fingerprint density at radius 1 is 1.13 bits per heavy atom. The van der Waals surface area contributed by atoms with Crippen molar-refractivity contribution in [1.29, 1.82) is 0 Å². The monoisotopic (exact) mass is 593 g/mol. The minimum atomic E-state index is -3.56. The molecule has 1 N–H and O–H groups in total. The molecule has 0 radical (unpaired) electrons. The molecule has 1 aromatic heterocycles. The fourth-order valence-electron chi connectivity index (χ4n) is 4.57. The van der Waals surface area contributed by atoms with Crippen molar-refractivity contribution >= 4 is 54.2 Å². The summed E-state index contributed by atoms with van der Waals surface area (Å²) in [6.45, 7) is 9.44. The summed E-state index contributed by atoms with van der Waals surface area (Å²) in [5, 5.41) is 4.46. The van der Waals surface area contributed by atoms with Gasteiger partial charge in [0.2, 0.25) is 10.0 Å². The molecule has 9 nitrogen and oxygen atoms in total. The van der Waals surface area contributed by atoms with Crippen LogP contribution in [0, 0.1) is 0 Å². The first-order valence-electron chi connectivity index (χ1n) is 13.3. The van der Waals surface area contributed by atoms with E-state index in [1.54, 1.807) is 30.6 Å². The third-order valence-corrected chi connectivity index (χ3v) is 10.3. The topological polar surface area (TPSA) is 95.1 Å². The highest BCUT2D eigenvalue weighted by molar-refractivity contribution is 7.89. The first kappa shape index (κ1) is 29.5. The van der Waals surface area contributed by atoms with Crippen molar-refractivity contribution in [1.82, 2.24) is 19.5 Å². The number of nitrogens with one attached hydrogen (secondary N) is 1. The molecule has 1 aliphatic rings. The Morgan fingerprint density at radius 3 is 2.49 bits per heavy atom. The second-order valence-corrected chi connectivity index (χ2v) is 12.7. The molecule has 0 unspecified atom stereocenters. The average molecular weight is 594 g/mol. The molecule has 0 bridgehead atoms. The summed E-state index contributed by atoms with van der Waals surface area (Å²) < 4.78 is 33.8. The first-order chi connectivity index (χ1) is 18.8. The number of rotatable bonds is 12. The largest absolute Gasteiger partial charge is 0.493 e. The number of fused-ring (bicyclic) bond motifs is 1. The second kappa shape index (κ2) is 13.3. The molecule has 0 spiro atoms. The Hall–Kier alpha value is -2.44. The highest BCUT2D eigenvalue weighted by Gasteiger charge is 2.24. The average Bonchev–Trinajstić information content (AvgIpc) is 3.38. The number of sulfonamides is 1. The lowest BCUT2D eigenvalue weighted by atomic mass is 10.2. The predicted octanol–water partition coefficient (Wildman–Crippen LogP) is 4.32. The Morgan fingerprint density at radius 2 is 1.85 bits per heavy atom. The summed E-state index contributed by atoms with van der Waals surface area (Å²) in [6.07, 6.45) is 1.74. The molecular weight excluding hydrogens is 558 g/mol. The van der Waals surface area contributed by atoms with Gasteiger partial charge >= 0.3 is 0 Å². The van der Waals surface area contributed by atoms with Crippen LogP contribution < -0.4 is 15.0 Å². The van der Waals surface area contributed by atoms with E-state index < -0.39 is 10.0 Å². The summed E-state index contributed by atoms with van der Waals surface area (Å²) >= 11 is 7.88. The molecule has 3 aromatic rings. The van der Waals surface area contributed by atoms with E-state index in [-0.39, 0.29) is 10.8 Å². The number of piperazine rings is 1. The normalized spacial score (nSPS) is 14.7. The molecule has 212 valence electrons. The molecule has 0 saturated carbocycles. The summed E-state index contributed by atoms with van der Waals surface area (Å²) in [5.41, 5.74) is 1.24. The number of amides is 1. The van der Waals surface area contributed by atoms with E-state index in [0.717, 1.165) is 60.9 Å². The van der Waals surface area contributed by atoms with Crippen LogP contribution in [0.3, 0.4) is 0 Å². The Kier molecular flexibility index (Phi) is 10.1. The van der Waals surface area contributed by atoms with Crippen molar-refractivity contribution in [2.45, 2.75) is 31.6 Å². The van der Waals surface area contributed by atoms with Gasteiger partial charge in [-0.15, -0.1) is 0 Å². The molecule has 2 heterocycles. The van der Waals surface area contributed by atoms with E-state index in [0.29, 0.717) is 36.0 Å². The van der Waals surface area contributed by atoms with Gasteiger partial charge in [-0.05, 0) is 42.8 Å². The number of nitrogens with zero attached hydrogens (tertiary/aromatic N) is 4. The maximum atomic E-state index is 12.9. The number of benzene rings is 2. The van der Waals surface area contributed by atoms with Gasteiger partial charge in [0.05, 0.1) is 21.7 Å². The van der Waals surface area contributed by atoms with Gasteiger partial charge in [0.25, 0.3) is 5.91 Å². The number of thiazole rings is 1. The molecule has 1 saturated heterocycles. The van der Waals surface area contributed by atoms with Crippen LogP contribution in [0.15, 0.2) is 41.3 Å². The highest BCUT2D eigenvalue weighted by atomic mass is 35.5. The lowest BCUT2D eigenvalue weighted by molar-refractivity contribution is 0.0947. The van der Waals surface area contributed by atoms with Crippen molar-refractivity contribution < 1.29 is 17.9 Å². The Bertz CT molecular complexity index is 1370. The van der Waals surface area contributed by atoms with Gasteiger partial charge in [0.15, 0.2) is 10.9 Å². The van der Waals surface area contributed by atoms with Crippen LogP contribution in [-0.4, -0.2) is 88.0 Å². The maximum Gasteiger partial charge on any atom is 0.251 e. The number of halogens is 1. The molecule has 12 heteroatoms. The van der Waals surface area contributed by atoms with Crippen molar-refractivity contribution in [3.8, 4) is 5.75 Å². The van der Waals surface area contributed by atoms with E-state index >= 15 is 0 Å². The minimum absolute atomic E-state index is 0.210. The van der Waals surface area contributed by atoms with Crippen LogP contribution in [0.2, 0.25) is 5.02 Å². The van der Waals surface area contributed by atoms with Crippen molar-refractivity contribution in [3.63, 3.8) is 0 Å². The maximum absolute atomic E-state index is 12.9. The standard InChI is InChI=1S/C27H36ClN5O4S2/c1-4-6-14-33(5-2)39(35,36)21-9-7-20(8-10-21)26(34)29-13-15-31-16-18-32(19-17-31)27-30-24-23(38-27)12-11-22(28)25(24)37-3/h7-12H,4-6,13-19H2,1-3H3,(H,29,34). The first-order valence-corrected chi connectivity index (χ1v) is 15.9. The minimum Gasteiger partial charge on any atom is -0.493 e. The molecule has 2 aromatic carbocycles. The number of carbonyl (C=O) groups is 1. The van der Waals surface area contributed by atoms with Crippen LogP contribution >= 0.6 is 22.9 Å². The summed E-state index contributed by atoms with van der Waals surface area (Å²) in [6, 6.07) is 10.00. The number of unbranched alkanes of at least 4 members (excludes halogenated alkanes) is 1. The molecule has 39 heavy (non-hydrogen) atoms. The number of carbonyl (C=O) groups excluding carboxylic acids is 1. The molecule has 1 amide bonds. The van der Waals surface area contributed by atoms with Gasteiger partial charge in [-0.25, -0.2) is 13.4 Å². The zero-order chi connectivity index (χ0) is 28.0. The lowest BCUT2D eigenvalue weighted by Gasteiger charge is -2.34. The summed E-state index contributed by atoms with van der Waals surface area (Å²) in [7, 11) is -1.96. The molecule has 0 atom stereocenters. The van der Waals surface area contributed by atoms with E-state index in [1.165, 1.54) is 16.4 Å². The van der Waals surface area contributed by atoms with Gasteiger partial charge in [-0.2, -0.15) is 4.31 Å². The smallest absolute Gasteiger partial charge is 0.251 e. The number of anilines is 1. The van der Waals surface area contributed by atoms with Crippen LogP contribution in [0.4, 0.5) is 5.13 Å². The van der Waals surface area contributed by atoms with E-state index in [9.17, 15) is 13.2 Å². The van der Waals surface area contributed by atoms with Crippen molar-refractivity contribution in [2.24, 2.45) is 0 Å². The zero-order valence-corrected chi connectivity index (χ0v) is 25.0. The number of ether oxygens (including phenoxy) is 1. The fraction of sp³-hybridized carbons (Fsp3) is 0.481. The molecule has 0 aliphatic carbocycles. The molecular formula is C27H36ClN5O4S2. The third-order valence-electron chi connectivity index (χ3n) is 6.88. The summed E-state index contributed by atoms with van der Waals surface area (Å²) in [5.74, 6) is 0.398. The Balaban J connectivity index is 1.25. The SMILES string of the molecule is CCCCN(CC)S(=O)(=O)c1ccc(C(=O)NCCN2CCN(c3nc4c(OC)c(Cl)ccc4s3)CC2)cc1. The van der Waals surface area contributed by atoms with Gasteiger partial charge in [0.1, 0.15) is 5.52 Å². The van der Waals surface area contributed by atoms with Gasteiger partial charge in [-0.3, -0.25) is 9.69 Å². The Labute approximate surface area is 239 Å². The van der Waals surface area contributed by atoms with Crippen LogP contribution in [0.1, 0.15) is 37.0 Å². The molecule has 1 aliphatic heterocycles. The number of methoxy groups -OCH3 is 1. The number of aromatic nitrogens is 1. The number of hydrogen-bond acceptors (Lipinski definition) is 8. The van der Waals surface area contributed by atoms with Gasteiger partial charge in [-0.1, -0.05) is 43.2 Å². The van der Waals surface area contributed by atoms with E-state index in [4.69, 9.17) is 21.3 Å². The van der Waals surface area contributed by atoms with Crippen LogP contribution in [0.25, 0.3) is 10.2 Å². The van der Waals surface area contributed by atoms with E-state index in [1.807, 2.05) is 26.0 Å². The lowest BCUT2D eigenvalue weighted by Crippen LogP contribution is -2.48. The summed E-state index contributed by atoms with van der Waals surface area (Å²) in [4.78, 5) is 22.2. The fourth-order valence-corrected chi connectivity index (χ4v) is 7.30. The van der Waals surface area contributed by atoms with Gasteiger partial charge in [0, 0.05) is 57.9 Å². The van der Waals surface area contributed by atoms with Crippen LogP contribution in [0.5, 0.6) is 5.75 Å². The highest BCUT2D eigenvalue weighted by Crippen LogP contribution is 2.38. The molecule has 4 rings (SSSR count). The second-order valence-electron chi connectivity index (χ2n) is 9.38. The predicted molar refractivity (Wildman–Crippen MR) is 158 cm³/mol. The van der Waals surface area contributed by atoms with Crippen LogP contribution in [-0.2, 0) is 10.0 Å². The van der Waals surface area contributed by atoms with E-state index in [2.05, 4.69) is 15.1 Å². The number of hydrogen-bond donors (Lipinski definition) is 1. The third kappa shape index (κ3) is 6.83. The van der Waals surface area contributed by atoms with Gasteiger partial charge < -0.3 is 15.0 Å². The van der Waals surface area contributed by atoms with Crippen molar-refractivity contribution in [2.75, 3.05) is 64.4 Å².